The molecule has 1 amide bonds. The molecule has 0 atom stereocenters. The van der Waals surface area contributed by atoms with Crippen molar-refractivity contribution in [2.24, 2.45) is 5.90 Å². The van der Waals surface area contributed by atoms with Gasteiger partial charge in [-0.15, -0.1) is 0 Å². The summed E-state index contributed by atoms with van der Waals surface area (Å²) in [4.78, 5) is 15.8. The van der Waals surface area contributed by atoms with E-state index in [1.807, 2.05) is 54.6 Å². The molecule has 0 aromatic heterocycles. The van der Waals surface area contributed by atoms with E-state index in [1.165, 1.54) is 0 Å². The van der Waals surface area contributed by atoms with Crippen LogP contribution < -0.4 is 11.2 Å². The van der Waals surface area contributed by atoms with Crippen LogP contribution in [0.1, 0.15) is 0 Å². The van der Waals surface area contributed by atoms with E-state index >= 15 is 0 Å². The van der Waals surface area contributed by atoms with Crippen LogP contribution in [-0.2, 0) is 9.63 Å². The second kappa shape index (κ2) is 5.95. The number of carbonyl (C=O) groups is 1. The molecule has 4 heteroatoms. The van der Waals surface area contributed by atoms with Crippen LogP contribution in [0.4, 0.5) is 5.69 Å². The minimum atomic E-state index is -0.277. The number of benzene rings is 2. The van der Waals surface area contributed by atoms with Gasteiger partial charge in [-0.1, -0.05) is 48.5 Å². The molecular formula is C14H14N2O2. The highest BCUT2D eigenvalue weighted by Gasteiger charge is 2.07. The van der Waals surface area contributed by atoms with E-state index < -0.39 is 0 Å². The first-order valence-corrected chi connectivity index (χ1v) is 5.57. The molecule has 0 unspecified atom stereocenters. The molecule has 2 aromatic rings. The zero-order chi connectivity index (χ0) is 12.8. The highest BCUT2D eigenvalue weighted by Crippen LogP contribution is 2.27. The van der Waals surface area contributed by atoms with Crippen molar-refractivity contribution in [1.29, 1.82) is 0 Å². The molecule has 92 valence electrons. The number of carbonyl (C=O) groups excluding carboxylic acids is 1. The first kappa shape index (κ1) is 12.3. The number of hydrogen-bond donors (Lipinski definition) is 2. The number of hydrogen-bond acceptors (Lipinski definition) is 3. The van der Waals surface area contributed by atoms with Crippen molar-refractivity contribution >= 4 is 11.6 Å². The molecule has 0 aliphatic rings. The molecule has 4 nitrogen and oxygen atoms in total. The highest BCUT2D eigenvalue weighted by molar-refractivity contribution is 5.96. The Labute approximate surface area is 105 Å². The van der Waals surface area contributed by atoms with Gasteiger partial charge in [0.2, 0.25) is 0 Å². The molecule has 0 aliphatic heterocycles. The van der Waals surface area contributed by atoms with Gasteiger partial charge < -0.3 is 5.32 Å². The highest BCUT2D eigenvalue weighted by atomic mass is 16.6. The Morgan fingerprint density at radius 3 is 2.44 bits per heavy atom. The van der Waals surface area contributed by atoms with Crippen molar-refractivity contribution in [3.8, 4) is 11.1 Å². The summed E-state index contributed by atoms with van der Waals surface area (Å²) in [5.41, 5.74) is 2.75. The molecule has 0 saturated heterocycles. The topological polar surface area (TPSA) is 64.3 Å². The summed E-state index contributed by atoms with van der Waals surface area (Å²) < 4.78 is 0. The van der Waals surface area contributed by atoms with Gasteiger partial charge in [0.05, 0.1) is 0 Å². The van der Waals surface area contributed by atoms with Gasteiger partial charge in [0, 0.05) is 11.3 Å². The summed E-state index contributed by atoms with van der Waals surface area (Å²) in [5.74, 6) is 4.59. The van der Waals surface area contributed by atoms with E-state index in [0.717, 1.165) is 16.8 Å². The summed E-state index contributed by atoms with van der Waals surface area (Å²) in [5, 5.41) is 2.77. The van der Waals surface area contributed by atoms with Crippen LogP contribution in [0.3, 0.4) is 0 Å². The predicted octanol–water partition coefficient (Wildman–Crippen LogP) is 2.18. The second-order valence-corrected chi connectivity index (χ2v) is 3.77. The molecule has 2 rings (SSSR count). The van der Waals surface area contributed by atoms with Crippen molar-refractivity contribution in [2.45, 2.75) is 0 Å². The maximum absolute atomic E-state index is 11.5. The van der Waals surface area contributed by atoms with Crippen molar-refractivity contribution in [3.63, 3.8) is 0 Å². The first-order valence-electron chi connectivity index (χ1n) is 5.57. The van der Waals surface area contributed by atoms with E-state index in [2.05, 4.69) is 10.2 Å². The third kappa shape index (κ3) is 2.94. The average Bonchev–Trinajstić information content (AvgIpc) is 2.40. The predicted molar refractivity (Wildman–Crippen MR) is 70.6 cm³/mol. The molecule has 3 N–H and O–H groups in total. The van der Waals surface area contributed by atoms with Crippen molar-refractivity contribution in [2.75, 3.05) is 11.9 Å². The number of amides is 1. The molecule has 0 heterocycles. The molecule has 0 bridgehead atoms. The Bertz CT molecular complexity index is 526. The Balaban J connectivity index is 2.29. The lowest BCUT2D eigenvalue weighted by atomic mass is 10.0. The van der Waals surface area contributed by atoms with Crippen molar-refractivity contribution < 1.29 is 9.63 Å². The molecule has 0 spiro atoms. The third-order valence-corrected chi connectivity index (χ3v) is 2.50. The van der Waals surface area contributed by atoms with Crippen LogP contribution in [0.15, 0.2) is 54.6 Å². The normalized spacial score (nSPS) is 10.1. The smallest absolute Gasteiger partial charge is 0.252 e. The van der Waals surface area contributed by atoms with E-state index in [4.69, 9.17) is 5.90 Å². The minimum Gasteiger partial charge on any atom is -0.323 e. The quantitative estimate of drug-likeness (QED) is 0.808. The fourth-order valence-corrected chi connectivity index (χ4v) is 1.72. The fraction of sp³-hybridized carbons (Fsp3) is 0.0714. The Morgan fingerprint density at radius 2 is 1.72 bits per heavy atom. The van der Waals surface area contributed by atoms with E-state index in [0.29, 0.717) is 0 Å². The minimum absolute atomic E-state index is 0.164. The van der Waals surface area contributed by atoms with Crippen LogP contribution in [0, 0.1) is 0 Å². The van der Waals surface area contributed by atoms with Gasteiger partial charge in [0.1, 0.15) is 6.61 Å². The van der Waals surface area contributed by atoms with Crippen LogP contribution >= 0.6 is 0 Å². The molecule has 18 heavy (non-hydrogen) atoms. The van der Waals surface area contributed by atoms with Gasteiger partial charge in [-0.3, -0.25) is 9.63 Å². The standard InChI is InChI=1S/C14H14N2O2/c15-18-10-14(17)16-13-9-5-4-8-12(13)11-6-2-1-3-7-11/h1-9H,10,15H2,(H,16,17). The Hall–Kier alpha value is -2.17. The maximum Gasteiger partial charge on any atom is 0.252 e. The number of rotatable bonds is 4. The van der Waals surface area contributed by atoms with E-state index in [9.17, 15) is 4.79 Å². The van der Waals surface area contributed by atoms with E-state index in [1.54, 1.807) is 0 Å². The summed E-state index contributed by atoms with van der Waals surface area (Å²) in [7, 11) is 0. The van der Waals surface area contributed by atoms with Crippen molar-refractivity contribution in [1.82, 2.24) is 0 Å². The molecule has 2 aromatic carbocycles. The third-order valence-electron chi connectivity index (χ3n) is 2.50. The Kier molecular flexibility index (Phi) is 4.06. The molecule has 0 saturated carbocycles. The lowest BCUT2D eigenvalue weighted by molar-refractivity contribution is -0.120. The summed E-state index contributed by atoms with van der Waals surface area (Å²) in [6, 6.07) is 17.4. The van der Waals surface area contributed by atoms with Gasteiger partial charge in [-0.05, 0) is 11.6 Å². The lowest BCUT2D eigenvalue weighted by Gasteiger charge is -2.10. The maximum atomic E-state index is 11.5. The van der Waals surface area contributed by atoms with Gasteiger partial charge in [-0.2, -0.15) is 0 Å². The van der Waals surface area contributed by atoms with Gasteiger partial charge >= 0.3 is 0 Å². The van der Waals surface area contributed by atoms with Crippen LogP contribution in [0.5, 0.6) is 0 Å². The fourth-order valence-electron chi connectivity index (χ4n) is 1.72. The average molecular weight is 242 g/mol. The SMILES string of the molecule is NOCC(=O)Nc1ccccc1-c1ccccc1. The van der Waals surface area contributed by atoms with Crippen molar-refractivity contribution in [3.05, 3.63) is 54.6 Å². The number of nitrogens with one attached hydrogen (secondary N) is 1. The Morgan fingerprint density at radius 1 is 1.06 bits per heavy atom. The number of para-hydroxylation sites is 1. The largest absolute Gasteiger partial charge is 0.323 e. The van der Waals surface area contributed by atoms with Gasteiger partial charge in [0.25, 0.3) is 5.91 Å². The number of anilines is 1. The van der Waals surface area contributed by atoms with Crippen LogP contribution in [0.25, 0.3) is 11.1 Å². The van der Waals surface area contributed by atoms with Crippen LogP contribution in [-0.4, -0.2) is 12.5 Å². The summed E-state index contributed by atoms with van der Waals surface area (Å²) in [6.45, 7) is -0.164. The van der Waals surface area contributed by atoms with E-state index in [-0.39, 0.29) is 12.5 Å². The summed E-state index contributed by atoms with van der Waals surface area (Å²) in [6.07, 6.45) is 0. The molecule has 0 fully saturated rings. The zero-order valence-electron chi connectivity index (χ0n) is 9.80. The summed E-state index contributed by atoms with van der Waals surface area (Å²) >= 11 is 0. The molecule has 0 radical (unpaired) electrons. The van der Waals surface area contributed by atoms with Gasteiger partial charge in [-0.25, -0.2) is 5.90 Å². The lowest BCUT2D eigenvalue weighted by Crippen LogP contribution is -2.20. The second-order valence-electron chi connectivity index (χ2n) is 3.77. The van der Waals surface area contributed by atoms with Crippen LogP contribution in [0.2, 0.25) is 0 Å². The number of nitrogens with two attached hydrogens (primary N) is 1. The monoisotopic (exact) mass is 242 g/mol. The molecule has 0 aliphatic carbocycles. The molecular weight excluding hydrogens is 228 g/mol. The zero-order valence-corrected chi connectivity index (χ0v) is 9.80. The van der Waals surface area contributed by atoms with Gasteiger partial charge in [0.15, 0.2) is 0 Å². The first-order chi connectivity index (χ1) is 8.81.